The summed E-state index contributed by atoms with van der Waals surface area (Å²) in [6.45, 7) is 3.13. The zero-order valence-corrected chi connectivity index (χ0v) is 10.9. The molecule has 94 valence electrons. The van der Waals surface area contributed by atoms with Crippen molar-refractivity contribution in [2.45, 2.75) is 13.3 Å². The third-order valence-electron chi connectivity index (χ3n) is 2.05. The second kappa shape index (κ2) is 6.66. The monoisotopic (exact) mass is 306 g/mol. The molecule has 3 nitrogen and oxygen atoms in total. The van der Waals surface area contributed by atoms with Gasteiger partial charge in [0.2, 0.25) is 5.91 Å². The highest BCUT2D eigenvalue weighted by Gasteiger charge is 2.13. The van der Waals surface area contributed by atoms with Gasteiger partial charge in [-0.2, -0.15) is 0 Å². The van der Waals surface area contributed by atoms with Crippen molar-refractivity contribution in [2.75, 3.05) is 18.4 Å². The maximum Gasteiger partial charge on any atom is 0.225 e. The number of carbonyl (C=O) groups is 1. The summed E-state index contributed by atoms with van der Waals surface area (Å²) in [5.41, 5.74) is -0.408. The van der Waals surface area contributed by atoms with Crippen molar-refractivity contribution in [1.82, 2.24) is 5.32 Å². The molecule has 1 aromatic carbocycles. The number of nitrogens with one attached hydrogen (secondary N) is 2. The average Bonchev–Trinajstić information content (AvgIpc) is 2.24. The molecule has 6 heteroatoms. The van der Waals surface area contributed by atoms with E-state index in [0.717, 1.165) is 18.7 Å². The molecule has 0 radical (unpaired) electrons. The molecule has 0 aliphatic rings. The number of carbonyl (C=O) groups excluding carboxylic acids is 1. The molecule has 0 fully saturated rings. The summed E-state index contributed by atoms with van der Waals surface area (Å²) in [6.07, 6.45) is 0.169. The van der Waals surface area contributed by atoms with Crippen molar-refractivity contribution in [3.63, 3.8) is 0 Å². The predicted molar refractivity (Wildman–Crippen MR) is 65.8 cm³/mol. The first kappa shape index (κ1) is 14.1. The van der Waals surface area contributed by atoms with Crippen molar-refractivity contribution >= 4 is 27.5 Å². The van der Waals surface area contributed by atoms with Gasteiger partial charge >= 0.3 is 0 Å². The average molecular weight is 307 g/mol. The Morgan fingerprint density at radius 1 is 1.35 bits per heavy atom. The molecule has 1 rings (SSSR count). The van der Waals surface area contributed by atoms with Gasteiger partial charge in [0.05, 0.1) is 0 Å². The number of anilines is 1. The zero-order valence-electron chi connectivity index (χ0n) is 9.32. The lowest BCUT2D eigenvalue weighted by Crippen LogP contribution is -2.22. The van der Waals surface area contributed by atoms with E-state index in [-0.39, 0.29) is 10.9 Å². The molecular formula is C11H13BrF2N2O. The Morgan fingerprint density at radius 2 is 1.94 bits per heavy atom. The van der Waals surface area contributed by atoms with Gasteiger partial charge in [0.1, 0.15) is 5.69 Å². The highest BCUT2D eigenvalue weighted by molar-refractivity contribution is 9.10. The Labute approximate surface area is 107 Å². The van der Waals surface area contributed by atoms with Crippen LogP contribution >= 0.6 is 15.9 Å². The molecule has 0 aliphatic heterocycles. The van der Waals surface area contributed by atoms with Crippen LogP contribution in [0.1, 0.15) is 13.3 Å². The van der Waals surface area contributed by atoms with E-state index in [0.29, 0.717) is 6.54 Å². The topological polar surface area (TPSA) is 41.1 Å². The quantitative estimate of drug-likeness (QED) is 0.821. The SMILES string of the molecule is CCNCCC(=O)Nc1c(F)cc(Br)cc1F. The van der Waals surface area contributed by atoms with E-state index in [1.165, 1.54) is 0 Å². The van der Waals surface area contributed by atoms with Crippen LogP contribution in [-0.4, -0.2) is 19.0 Å². The highest BCUT2D eigenvalue weighted by Crippen LogP contribution is 2.23. The van der Waals surface area contributed by atoms with Crippen molar-refractivity contribution in [2.24, 2.45) is 0 Å². The molecule has 0 unspecified atom stereocenters. The fourth-order valence-corrected chi connectivity index (χ4v) is 1.64. The molecule has 0 bridgehead atoms. The first-order valence-corrected chi connectivity index (χ1v) is 5.99. The molecule has 0 atom stereocenters. The smallest absolute Gasteiger partial charge is 0.225 e. The van der Waals surface area contributed by atoms with Crippen molar-refractivity contribution in [3.05, 3.63) is 28.2 Å². The van der Waals surface area contributed by atoms with Gasteiger partial charge in [-0.05, 0) is 18.7 Å². The third kappa shape index (κ3) is 4.40. The Hall–Kier alpha value is -1.01. The molecule has 1 aromatic rings. The fourth-order valence-electron chi connectivity index (χ4n) is 1.24. The molecule has 2 N–H and O–H groups in total. The Balaban J connectivity index is 2.65. The van der Waals surface area contributed by atoms with E-state index in [9.17, 15) is 13.6 Å². The highest BCUT2D eigenvalue weighted by atomic mass is 79.9. The van der Waals surface area contributed by atoms with Crippen LogP contribution < -0.4 is 10.6 Å². The van der Waals surface area contributed by atoms with Crippen molar-refractivity contribution < 1.29 is 13.6 Å². The maximum atomic E-state index is 13.4. The van der Waals surface area contributed by atoms with Gasteiger partial charge in [-0.1, -0.05) is 22.9 Å². The summed E-state index contributed by atoms with van der Waals surface area (Å²) in [5.74, 6) is -2.02. The number of hydrogen-bond acceptors (Lipinski definition) is 2. The summed E-state index contributed by atoms with van der Waals surface area (Å²) in [6, 6.07) is 2.20. The molecular weight excluding hydrogens is 294 g/mol. The summed E-state index contributed by atoms with van der Waals surface area (Å²) in [4.78, 5) is 11.4. The van der Waals surface area contributed by atoms with Gasteiger partial charge in [0.25, 0.3) is 0 Å². The zero-order chi connectivity index (χ0) is 12.8. The van der Waals surface area contributed by atoms with Crippen LogP contribution in [0.3, 0.4) is 0 Å². The number of amides is 1. The Kier molecular flexibility index (Phi) is 5.50. The second-order valence-corrected chi connectivity index (χ2v) is 4.31. The van der Waals surface area contributed by atoms with Crippen molar-refractivity contribution in [1.29, 1.82) is 0 Å². The summed E-state index contributed by atoms with van der Waals surface area (Å²) in [7, 11) is 0. The first-order valence-electron chi connectivity index (χ1n) is 5.19. The van der Waals surface area contributed by atoms with Gasteiger partial charge < -0.3 is 10.6 Å². The maximum absolute atomic E-state index is 13.4. The van der Waals surface area contributed by atoms with E-state index in [2.05, 4.69) is 26.6 Å². The van der Waals surface area contributed by atoms with Crippen LogP contribution in [0.5, 0.6) is 0 Å². The van der Waals surface area contributed by atoms with E-state index < -0.39 is 23.2 Å². The minimum absolute atomic E-state index is 0.169. The van der Waals surface area contributed by atoms with Crippen LogP contribution in [0, 0.1) is 11.6 Å². The second-order valence-electron chi connectivity index (χ2n) is 3.40. The van der Waals surface area contributed by atoms with Crippen LogP contribution in [0.15, 0.2) is 16.6 Å². The lowest BCUT2D eigenvalue weighted by molar-refractivity contribution is -0.116. The predicted octanol–water partition coefficient (Wildman–Crippen LogP) is 2.67. The number of rotatable bonds is 5. The standard InChI is InChI=1S/C11H13BrF2N2O/c1-2-15-4-3-10(17)16-11-8(13)5-7(12)6-9(11)14/h5-6,15H,2-4H2,1H3,(H,16,17). The summed E-state index contributed by atoms with van der Waals surface area (Å²) in [5, 5.41) is 5.16. The first-order chi connectivity index (χ1) is 8.04. The third-order valence-corrected chi connectivity index (χ3v) is 2.51. The minimum atomic E-state index is -0.798. The van der Waals surface area contributed by atoms with E-state index >= 15 is 0 Å². The lowest BCUT2D eigenvalue weighted by Gasteiger charge is -2.08. The van der Waals surface area contributed by atoms with Gasteiger partial charge in [-0.25, -0.2) is 8.78 Å². The normalized spacial score (nSPS) is 10.4. The van der Waals surface area contributed by atoms with Crippen LogP contribution in [0.25, 0.3) is 0 Å². The molecule has 0 saturated carbocycles. The Morgan fingerprint density at radius 3 is 2.47 bits per heavy atom. The molecule has 0 saturated heterocycles. The van der Waals surface area contributed by atoms with E-state index in [1.54, 1.807) is 0 Å². The van der Waals surface area contributed by atoms with Gasteiger partial charge in [0, 0.05) is 17.4 Å². The number of halogens is 3. The molecule has 0 spiro atoms. The molecule has 0 aromatic heterocycles. The number of benzene rings is 1. The lowest BCUT2D eigenvalue weighted by atomic mass is 10.2. The molecule has 0 aliphatic carbocycles. The minimum Gasteiger partial charge on any atom is -0.321 e. The van der Waals surface area contributed by atoms with Crippen LogP contribution in [-0.2, 0) is 4.79 Å². The molecule has 1 amide bonds. The van der Waals surface area contributed by atoms with Gasteiger partial charge in [0.15, 0.2) is 11.6 Å². The summed E-state index contributed by atoms with van der Waals surface area (Å²) < 4.78 is 27.0. The number of hydrogen-bond donors (Lipinski definition) is 2. The van der Waals surface area contributed by atoms with Crippen LogP contribution in [0.2, 0.25) is 0 Å². The van der Waals surface area contributed by atoms with Crippen molar-refractivity contribution in [3.8, 4) is 0 Å². The fraction of sp³-hybridized carbons (Fsp3) is 0.364. The van der Waals surface area contributed by atoms with Gasteiger partial charge in [-0.3, -0.25) is 4.79 Å². The molecule has 17 heavy (non-hydrogen) atoms. The van der Waals surface area contributed by atoms with Gasteiger partial charge in [-0.15, -0.1) is 0 Å². The Bertz CT molecular complexity index is 389. The molecule has 0 heterocycles. The van der Waals surface area contributed by atoms with E-state index in [4.69, 9.17) is 0 Å². The summed E-state index contributed by atoms with van der Waals surface area (Å²) >= 11 is 2.96. The van der Waals surface area contributed by atoms with Crippen LogP contribution in [0.4, 0.5) is 14.5 Å². The largest absolute Gasteiger partial charge is 0.321 e. The van der Waals surface area contributed by atoms with E-state index in [1.807, 2.05) is 6.92 Å².